The molecule has 0 aliphatic carbocycles. The Bertz CT molecular complexity index is 442. The van der Waals surface area contributed by atoms with Gasteiger partial charge >= 0.3 is 0 Å². The molecule has 0 spiro atoms. The van der Waals surface area contributed by atoms with Gasteiger partial charge in [0, 0.05) is 25.6 Å². The van der Waals surface area contributed by atoms with Crippen LogP contribution in [-0.4, -0.2) is 37.3 Å². The molecule has 1 atom stereocenters. The number of nitrogens with one attached hydrogen (secondary N) is 1. The van der Waals surface area contributed by atoms with Crippen molar-refractivity contribution in [1.29, 1.82) is 0 Å². The molecule has 3 nitrogen and oxygen atoms in total. The topological polar surface area (TPSA) is 28.2 Å². The fraction of sp³-hybridized carbons (Fsp3) is 0.706. The van der Waals surface area contributed by atoms with E-state index in [4.69, 9.17) is 4.98 Å². The van der Waals surface area contributed by atoms with E-state index in [0.29, 0.717) is 18.8 Å². The number of aromatic nitrogens is 1. The van der Waals surface area contributed by atoms with Gasteiger partial charge in [0.05, 0.1) is 5.69 Å². The Kier molecular flexibility index (Phi) is 5.97. The molecule has 0 radical (unpaired) electrons. The van der Waals surface area contributed by atoms with Crippen molar-refractivity contribution in [2.24, 2.45) is 0 Å². The van der Waals surface area contributed by atoms with Crippen molar-refractivity contribution in [2.75, 3.05) is 31.1 Å². The van der Waals surface area contributed by atoms with Gasteiger partial charge in [0.2, 0.25) is 0 Å². The summed E-state index contributed by atoms with van der Waals surface area (Å²) in [4.78, 5) is 7.09. The second-order valence-electron chi connectivity index (χ2n) is 5.73. The molecule has 0 aromatic carbocycles. The molecule has 1 unspecified atom stereocenters. The lowest BCUT2D eigenvalue weighted by atomic mass is 10.0. The fourth-order valence-corrected chi connectivity index (χ4v) is 3.02. The van der Waals surface area contributed by atoms with Crippen LogP contribution in [0.4, 0.5) is 10.2 Å². The van der Waals surface area contributed by atoms with E-state index in [9.17, 15) is 4.39 Å². The molecule has 4 heteroatoms. The van der Waals surface area contributed by atoms with Crippen LogP contribution in [0.5, 0.6) is 0 Å². The van der Waals surface area contributed by atoms with Crippen LogP contribution < -0.4 is 10.2 Å². The van der Waals surface area contributed by atoms with Crippen LogP contribution >= 0.6 is 0 Å². The molecule has 1 aromatic heterocycles. The van der Waals surface area contributed by atoms with Crippen molar-refractivity contribution >= 4 is 5.82 Å². The van der Waals surface area contributed by atoms with Crippen LogP contribution in [-0.2, 0) is 6.42 Å². The second kappa shape index (κ2) is 7.74. The minimum atomic E-state index is -0.625. The first-order chi connectivity index (χ1) is 10.2. The van der Waals surface area contributed by atoms with Gasteiger partial charge in [-0.1, -0.05) is 26.8 Å². The monoisotopic (exact) mass is 293 g/mol. The third kappa shape index (κ3) is 3.94. The summed E-state index contributed by atoms with van der Waals surface area (Å²) >= 11 is 0. The van der Waals surface area contributed by atoms with Crippen LogP contribution in [0, 0.1) is 0 Å². The van der Waals surface area contributed by atoms with Gasteiger partial charge in [0.15, 0.2) is 0 Å². The van der Waals surface area contributed by atoms with Gasteiger partial charge in [-0.3, -0.25) is 0 Å². The van der Waals surface area contributed by atoms with E-state index in [1.807, 2.05) is 13.8 Å². The van der Waals surface area contributed by atoms with Crippen molar-refractivity contribution in [3.05, 3.63) is 23.4 Å². The van der Waals surface area contributed by atoms with Gasteiger partial charge in [-0.15, -0.1) is 0 Å². The maximum Gasteiger partial charge on any atom is 0.128 e. The molecular weight excluding hydrogens is 265 g/mol. The molecule has 1 aromatic rings. The van der Waals surface area contributed by atoms with Crippen LogP contribution in [0.15, 0.2) is 12.1 Å². The Labute approximate surface area is 127 Å². The highest BCUT2D eigenvalue weighted by Gasteiger charge is 2.22. The minimum absolute atomic E-state index is 0.455. The Hall–Kier alpha value is -1.16. The zero-order valence-corrected chi connectivity index (χ0v) is 13.5. The largest absolute Gasteiger partial charge is 0.356 e. The zero-order chi connectivity index (χ0) is 15.2. The summed E-state index contributed by atoms with van der Waals surface area (Å²) in [6, 6.07) is 4.32. The first-order valence-corrected chi connectivity index (χ1v) is 8.33. The lowest BCUT2D eigenvalue weighted by Crippen LogP contribution is -2.35. The Balaban J connectivity index is 0.000000774. The standard InChI is InChI=1S/C15H22FN3.C2H6/c1-11-10-17-7-4-12-2-3-14(18-15(11)12)19-8-5-13(16)6-9-19;1-2/h2-3,11,13,17H,4-10H2,1H3;1-2H3. The minimum Gasteiger partial charge on any atom is -0.356 e. The van der Waals surface area contributed by atoms with Crippen LogP contribution in [0.1, 0.15) is 50.8 Å². The number of pyridine rings is 1. The first kappa shape index (κ1) is 16.2. The maximum absolute atomic E-state index is 13.2. The Morgan fingerprint density at radius 2 is 1.95 bits per heavy atom. The maximum atomic E-state index is 13.2. The molecule has 1 fully saturated rings. The van der Waals surface area contributed by atoms with Gasteiger partial charge in [-0.2, -0.15) is 0 Å². The van der Waals surface area contributed by atoms with E-state index in [-0.39, 0.29) is 0 Å². The highest BCUT2D eigenvalue weighted by molar-refractivity contribution is 5.43. The number of fused-ring (bicyclic) bond motifs is 1. The van der Waals surface area contributed by atoms with Gasteiger partial charge in [-0.25, -0.2) is 9.37 Å². The summed E-state index contributed by atoms with van der Waals surface area (Å²) < 4.78 is 13.2. The van der Waals surface area contributed by atoms with Gasteiger partial charge in [-0.05, 0) is 37.4 Å². The lowest BCUT2D eigenvalue weighted by molar-refractivity contribution is 0.276. The first-order valence-electron chi connectivity index (χ1n) is 8.33. The van der Waals surface area contributed by atoms with E-state index < -0.39 is 6.17 Å². The number of alkyl halides is 1. The van der Waals surface area contributed by atoms with E-state index >= 15 is 0 Å². The lowest BCUT2D eigenvalue weighted by Gasteiger charge is -2.30. The number of hydrogen-bond acceptors (Lipinski definition) is 3. The summed E-state index contributed by atoms with van der Waals surface area (Å²) in [5.41, 5.74) is 2.59. The van der Waals surface area contributed by atoms with Gasteiger partial charge in [0.25, 0.3) is 0 Å². The summed E-state index contributed by atoms with van der Waals surface area (Å²) in [6.45, 7) is 9.84. The number of halogens is 1. The number of piperidine rings is 1. The quantitative estimate of drug-likeness (QED) is 0.861. The van der Waals surface area contributed by atoms with E-state index in [0.717, 1.165) is 38.4 Å². The highest BCUT2D eigenvalue weighted by atomic mass is 19.1. The Morgan fingerprint density at radius 1 is 1.24 bits per heavy atom. The zero-order valence-electron chi connectivity index (χ0n) is 13.5. The molecule has 0 saturated carbocycles. The molecule has 3 rings (SSSR count). The summed E-state index contributed by atoms with van der Waals surface area (Å²) in [5, 5.41) is 3.45. The predicted octanol–water partition coefficient (Wildman–Crippen LogP) is 3.30. The van der Waals surface area contributed by atoms with Crippen molar-refractivity contribution in [3.63, 3.8) is 0 Å². The second-order valence-corrected chi connectivity index (χ2v) is 5.73. The van der Waals surface area contributed by atoms with Crippen molar-refractivity contribution in [2.45, 2.75) is 52.1 Å². The summed E-state index contributed by atoms with van der Waals surface area (Å²) in [6.07, 6.45) is 1.70. The molecule has 0 amide bonds. The number of rotatable bonds is 1. The fourth-order valence-electron chi connectivity index (χ4n) is 3.02. The molecule has 2 aliphatic heterocycles. The number of nitrogens with zero attached hydrogens (tertiary/aromatic N) is 2. The van der Waals surface area contributed by atoms with E-state index in [1.54, 1.807) is 0 Å². The molecule has 1 saturated heterocycles. The van der Waals surface area contributed by atoms with Crippen molar-refractivity contribution in [1.82, 2.24) is 10.3 Å². The number of hydrogen-bond donors (Lipinski definition) is 1. The Morgan fingerprint density at radius 3 is 2.67 bits per heavy atom. The molecule has 118 valence electrons. The van der Waals surface area contributed by atoms with Crippen LogP contribution in [0.2, 0.25) is 0 Å². The molecule has 21 heavy (non-hydrogen) atoms. The van der Waals surface area contributed by atoms with Crippen LogP contribution in [0.25, 0.3) is 0 Å². The normalized spacial score (nSPS) is 22.9. The molecule has 3 heterocycles. The smallest absolute Gasteiger partial charge is 0.128 e. The van der Waals surface area contributed by atoms with E-state index in [2.05, 4.69) is 29.3 Å². The third-order valence-electron chi connectivity index (χ3n) is 4.23. The van der Waals surface area contributed by atoms with Crippen LogP contribution in [0.3, 0.4) is 0 Å². The average Bonchev–Trinajstić information content (AvgIpc) is 2.72. The molecular formula is C17H28FN3. The number of anilines is 1. The molecule has 2 aliphatic rings. The summed E-state index contributed by atoms with van der Waals surface area (Å²) in [7, 11) is 0. The molecule has 1 N–H and O–H groups in total. The highest BCUT2D eigenvalue weighted by Crippen LogP contribution is 2.26. The van der Waals surface area contributed by atoms with Gasteiger partial charge < -0.3 is 10.2 Å². The van der Waals surface area contributed by atoms with Crippen molar-refractivity contribution in [3.8, 4) is 0 Å². The SMILES string of the molecule is CC.CC1CNCCc2ccc(N3CCC(F)CC3)nc21. The van der Waals surface area contributed by atoms with Gasteiger partial charge in [0.1, 0.15) is 12.0 Å². The van der Waals surface area contributed by atoms with Crippen molar-refractivity contribution < 1.29 is 4.39 Å². The van der Waals surface area contributed by atoms with E-state index in [1.165, 1.54) is 11.3 Å². The third-order valence-corrected chi connectivity index (χ3v) is 4.23. The molecule has 0 bridgehead atoms. The summed E-state index contributed by atoms with van der Waals surface area (Å²) in [5.74, 6) is 1.48. The predicted molar refractivity (Wildman–Crippen MR) is 86.9 cm³/mol. The average molecular weight is 293 g/mol.